The summed E-state index contributed by atoms with van der Waals surface area (Å²) >= 11 is 0. The van der Waals surface area contributed by atoms with Crippen molar-refractivity contribution in [2.45, 2.75) is 32.7 Å². The van der Waals surface area contributed by atoms with Gasteiger partial charge in [0.05, 0.1) is 7.11 Å². The number of nitrogens with zero attached hydrogens (tertiary/aromatic N) is 3. The summed E-state index contributed by atoms with van der Waals surface area (Å²) in [7, 11) is 5.42. The molecule has 0 bridgehead atoms. The number of likely N-dealkylation sites (tertiary alicyclic amines) is 1. The number of benzene rings is 1. The van der Waals surface area contributed by atoms with Crippen LogP contribution >= 0.6 is 0 Å². The summed E-state index contributed by atoms with van der Waals surface area (Å²) in [5.74, 6) is 2.49. The van der Waals surface area contributed by atoms with Gasteiger partial charge in [-0.15, -0.1) is 0 Å². The van der Waals surface area contributed by atoms with Gasteiger partial charge in [-0.25, -0.2) is 0 Å². The molecule has 1 N–H and O–H groups in total. The van der Waals surface area contributed by atoms with Crippen LogP contribution in [-0.2, 0) is 11.3 Å². The van der Waals surface area contributed by atoms with Crippen molar-refractivity contribution in [2.75, 3.05) is 40.8 Å². The molecule has 1 aromatic rings. The van der Waals surface area contributed by atoms with E-state index in [9.17, 15) is 4.79 Å². The Labute approximate surface area is 157 Å². The molecule has 2 rings (SSSR count). The van der Waals surface area contributed by atoms with Crippen LogP contribution in [0.3, 0.4) is 0 Å². The molecule has 1 aliphatic rings. The van der Waals surface area contributed by atoms with Gasteiger partial charge < -0.3 is 19.9 Å². The van der Waals surface area contributed by atoms with E-state index in [0.717, 1.165) is 37.8 Å². The second-order valence-corrected chi connectivity index (χ2v) is 7.02. The molecule has 0 aromatic heterocycles. The lowest BCUT2D eigenvalue weighted by molar-refractivity contribution is -0.132. The Bertz CT molecular complexity index is 600. The van der Waals surface area contributed by atoms with Crippen LogP contribution in [0.5, 0.6) is 5.75 Å². The van der Waals surface area contributed by atoms with E-state index in [4.69, 9.17) is 4.74 Å². The average molecular weight is 361 g/mol. The van der Waals surface area contributed by atoms with Crippen molar-refractivity contribution in [3.8, 4) is 5.75 Å². The van der Waals surface area contributed by atoms with Crippen molar-refractivity contribution in [2.24, 2.45) is 10.9 Å². The highest BCUT2D eigenvalue weighted by Gasteiger charge is 2.20. The third kappa shape index (κ3) is 5.93. The Morgan fingerprint density at radius 2 is 2.12 bits per heavy atom. The molecule has 6 heteroatoms. The first kappa shape index (κ1) is 20.1. The van der Waals surface area contributed by atoms with Crippen LogP contribution in [0.2, 0.25) is 0 Å². The summed E-state index contributed by atoms with van der Waals surface area (Å²) in [6, 6.07) is 8.00. The van der Waals surface area contributed by atoms with E-state index >= 15 is 0 Å². The van der Waals surface area contributed by atoms with Crippen LogP contribution in [0.1, 0.15) is 31.7 Å². The zero-order valence-electron chi connectivity index (χ0n) is 16.5. The number of amides is 1. The Balaban J connectivity index is 1.77. The number of aliphatic imine (C=N–C) groups is 1. The first-order valence-electron chi connectivity index (χ1n) is 9.36. The molecule has 0 saturated carbocycles. The molecule has 0 spiro atoms. The fourth-order valence-electron chi connectivity index (χ4n) is 3.32. The number of piperidine rings is 1. The maximum Gasteiger partial charge on any atom is 0.224 e. The van der Waals surface area contributed by atoms with Crippen LogP contribution in [0.4, 0.5) is 0 Å². The molecule has 6 nitrogen and oxygen atoms in total. The van der Waals surface area contributed by atoms with Crippen molar-refractivity contribution >= 4 is 11.9 Å². The van der Waals surface area contributed by atoms with Gasteiger partial charge in [0.2, 0.25) is 5.91 Å². The van der Waals surface area contributed by atoms with E-state index in [2.05, 4.69) is 22.1 Å². The molecular formula is C20H32N4O2. The van der Waals surface area contributed by atoms with Gasteiger partial charge in [0.1, 0.15) is 5.75 Å². The predicted molar refractivity (Wildman–Crippen MR) is 105 cm³/mol. The number of carbonyl (C=O) groups excluding carboxylic acids is 1. The summed E-state index contributed by atoms with van der Waals surface area (Å²) in [5, 5.41) is 3.30. The zero-order chi connectivity index (χ0) is 18.9. The largest absolute Gasteiger partial charge is 0.497 e. The molecule has 1 heterocycles. The lowest BCUT2D eigenvalue weighted by Crippen LogP contribution is -2.42. The maximum atomic E-state index is 12.4. The first-order valence-corrected chi connectivity index (χ1v) is 9.36. The fourth-order valence-corrected chi connectivity index (χ4v) is 3.32. The summed E-state index contributed by atoms with van der Waals surface area (Å²) in [5.41, 5.74) is 1.18. The molecule has 1 saturated heterocycles. The minimum atomic E-state index is 0.234. The van der Waals surface area contributed by atoms with Gasteiger partial charge in [-0.05, 0) is 36.5 Å². The minimum Gasteiger partial charge on any atom is -0.497 e. The number of carbonyl (C=O) groups is 1. The molecule has 1 fully saturated rings. The van der Waals surface area contributed by atoms with Gasteiger partial charge >= 0.3 is 0 Å². The Hall–Kier alpha value is -2.24. The number of methoxy groups -OCH3 is 1. The second kappa shape index (κ2) is 10.0. The van der Waals surface area contributed by atoms with Crippen LogP contribution in [-0.4, -0.2) is 62.5 Å². The summed E-state index contributed by atoms with van der Waals surface area (Å²) in [6.45, 7) is 5.35. The highest BCUT2D eigenvalue weighted by molar-refractivity contribution is 5.81. The molecule has 0 radical (unpaired) electrons. The molecule has 144 valence electrons. The number of rotatable bonds is 6. The maximum absolute atomic E-state index is 12.4. The average Bonchev–Trinajstić information content (AvgIpc) is 2.65. The van der Waals surface area contributed by atoms with Crippen molar-refractivity contribution in [3.05, 3.63) is 29.8 Å². The van der Waals surface area contributed by atoms with E-state index in [0.29, 0.717) is 18.9 Å². The van der Waals surface area contributed by atoms with E-state index in [-0.39, 0.29) is 5.91 Å². The highest BCUT2D eigenvalue weighted by atomic mass is 16.5. The Morgan fingerprint density at radius 3 is 2.73 bits per heavy atom. The minimum absolute atomic E-state index is 0.234. The van der Waals surface area contributed by atoms with Gasteiger partial charge in [0.25, 0.3) is 0 Å². The molecule has 1 atom stereocenters. The molecule has 1 amide bonds. The number of hydrogen-bond donors (Lipinski definition) is 1. The number of guanidine groups is 1. The third-order valence-electron chi connectivity index (χ3n) is 4.78. The lowest BCUT2D eigenvalue weighted by atomic mass is 10.00. The van der Waals surface area contributed by atoms with E-state index in [1.165, 1.54) is 12.0 Å². The smallest absolute Gasteiger partial charge is 0.224 e. The molecular weight excluding hydrogens is 328 g/mol. The Kier molecular flexibility index (Phi) is 7.75. The van der Waals surface area contributed by atoms with Crippen molar-refractivity contribution in [3.63, 3.8) is 0 Å². The Morgan fingerprint density at radius 1 is 1.38 bits per heavy atom. The molecule has 1 unspecified atom stereocenters. The molecule has 0 aliphatic carbocycles. The topological polar surface area (TPSA) is 57.2 Å². The standard InChI is InChI=1S/C20H32N4O2/c1-16-6-5-13-24(14-16)19(25)11-12-22-20(21-2)23(3)15-17-7-9-18(26-4)10-8-17/h7-10,16H,5-6,11-15H2,1-4H3,(H,21,22). The summed E-state index contributed by atoms with van der Waals surface area (Å²) in [6.07, 6.45) is 2.85. The van der Waals surface area contributed by atoms with Crippen molar-refractivity contribution in [1.82, 2.24) is 15.1 Å². The van der Waals surface area contributed by atoms with E-state index in [1.807, 2.05) is 36.2 Å². The monoisotopic (exact) mass is 360 g/mol. The van der Waals surface area contributed by atoms with Crippen LogP contribution in [0.25, 0.3) is 0 Å². The number of ether oxygens (including phenoxy) is 1. The van der Waals surface area contributed by atoms with Gasteiger partial charge in [-0.3, -0.25) is 9.79 Å². The van der Waals surface area contributed by atoms with Crippen molar-refractivity contribution in [1.29, 1.82) is 0 Å². The van der Waals surface area contributed by atoms with Crippen LogP contribution in [0.15, 0.2) is 29.3 Å². The SMILES string of the molecule is CN=C(NCCC(=O)N1CCCC(C)C1)N(C)Cc1ccc(OC)cc1. The van der Waals surface area contributed by atoms with Gasteiger partial charge in [0, 0.05) is 46.7 Å². The quantitative estimate of drug-likeness (QED) is 0.625. The van der Waals surface area contributed by atoms with Gasteiger partial charge in [-0.2, -0.15) is 0 Å². The third-order valence-corrected chi connectivity index (χ3v) is 4.78. The van der Waals surface area contributed by atoms with Crippen LogP contribution < -0.4 is 10.1 Å². The van der Waals surface area contributed by atoms with E-state index in [1.54, 1.807) is 14.2 Å². The lowest BCUT2D eigenvalue weighted by Gasteiger charge is -2.31. The highest BCUT2D eigenvalue weighted by Crippen LogP contribution is 2.16. The number of hydrogen-bond acceptors (Lipinski definition) is 3. The van der Waals surface area contributed by atoms with Gasteiger partial charge in [0.15, 0.2) is 5.96 Å². The molecule has 1 aromatic carbocycles. The second-order valence-electron chi connectivity index (χ2n) is 7.02. The number of nitrogens with one attached hydrogen (secondary N) is 1. The van der Waals surface area contributed by atoms with Crippen molar-refractivity contribution < 1.29 is 9.53 Å². The van der Waals surface area contributed by atoms with E-state index < -0.39 is 0 Å². The summed E-state index contributed by atoms with van der Waals surface area (Å²) in [4.78, 5) is 20.7. The van der Waals surface area contributed by atoms with Gasteiger partial charge in [-0.1, -0.05) is 19.1 Å². The molecule has 26 heavy (non-hydrogen) atoms. The molecule has 1 aliphatic heterocycles. The fraction of sp³-hybridized carbons (Fsp3) is 0.600. The summed E-state index contributed by atoms with van der Waals surface area (Å²) < 4.78 is 5.19. The predicted octanol–water partition coefficient (Wildman–Crippen LogP) is 2.35. The normalized spacial score (nSPS) is 17.8. The van der Waals surface area contributed by atoms with Crippen LogP contribution in [0, 0.1) is 5.92 Å². The zero-order valence-corrected chi connectivity index (χ0v) is 16.5. The first-order chi connectivity index (χ1) is 12.5.